The van der Waals surface area contributed by atoms with E-state index in [9.17, 15) is 4.79 Å². The first-order valence-electron chi connectivity index (χ1n) is 6.44. The van der Waals surface area contributed by atoms with Gasteiger partial charge in [-0.15, -0.1) is 0 Å². The van der Waals surface area contributed by atoms with Crippen LogP contribution in [0.25, 0.3) is 0 Å². The zero-order valence-electron chi connectivity index (χ0n) is 10.6. The maximum Gasteiger partial charge on any atom is 0.234 e. The quantitative estimate of drug-likeness (QED) is 0.787. The zero-order valence-corrected chi connectivity index (χ0v) is 10.6. The van der Waals surface area contributed by atoms with Crippen LogP contribution < -0.4 is 10.6 Å². The Balaban J connectivity index is 1.71. The van der Waals surface area contributed by atoms with E-state index in [4.69, 9.17) is 0 Å². The molecule has 0 spiro atoms. The van der Waals surface area contributed by atoms with Gasteiger partial charge in [0.15, 0.2) is 0 Å². The minimum atomic E-state index is 0.0718. The smallest absolute Gasteiger partial charge is 0.234 e. The molecule has 0 aliphatic carbocycles. The molecular weight excluding hydrogens is 228 g/mol. The molecule has 98 valence electrons. The van der Waals surface area contributed by atoms with Crippen molar-refractivity contribution in [2.75, 3.05) is 32.7 Å². The number of nitrogens with zero attached hydrogens (tertiary/aromatic N) is 2. The number of aromatic nitrogens is 1. The first-order valence-corrected chi connectivity index (χ1v) is 6.44. The Morgan fingerprint density at radius 1 is 1.39 bits per heavy atom. The molecule has 0 aromatic carbocycles. The normalized spacial score (nSPS) is 17.1. The van der Waals surface area contributed by atoms with Gasteiger partial charge in [-0.25, -0.2) is 0 Å². The maximum atomic E-state index is 11.8. The average Bonchev–Trinajstić information content (AvgIpc) is 2.66. The van der Waals surface area contributed by atoms with Crippen LogP contribution in [0.15, 0.2) is 24.4 Å². The highest BCUT2D eigenvalue weighted by atomic mass is 16.2. The molecular formula is C13H20N4O. The largest absolute Gasteiger partial charge is 0.349 e. The third-order valence-electron chi connectivity index (χ3n) is 2.99. The molecule has 2 heterocycles. The second kappa shape index (κ2) is 7.08. The lowest BCUT2D eigenvalue weighted by molar-refractivity contribution is -0.122. The Hall–Kier alpha value is -1.46. The summed E-state index contributed by atoms with van der Waals surface area (Å²) in [6, 6.07) is 5.71. The van der Waals surface area contributed by atoms with Crippen molar-refractivity contribution < 1.29 is 4.79 Å². The molecule has 1 aliphatic rings. The summed E-state index contributed by atoms with van der Waals surface area (Å²) in [4.78, 5) is 18.2. The van der Waals surface area contributed by atoms with Crippen LogP contribution in [0.5, 0.6) is 0 Å². The lowest BCUT2D eigenvalue weighted by atomic mass is 10.3. The van der Waals surface area contributed by atoms with E-state index in [2.05, 4.69) is 20.5 Å². The molecule has 18 heavy (non-hydrogen) atoms. The fourth-order valence-electron chi connectivity index (χ4n) is 2.01. The van der Waals surface area contributed by atoms with Gasteiger partial charge in [-0.3, -0.25) is 14.7 Å². The van der Waals surface area contributed by atoms with Crippen LogP contribution in [-0.4, -0.2) is 48.5 Å². The summed E-state index contributed by atoms with van der Waals surface area (Å²) in [6.45, 7) is 4.93. The topological polar surface area (TPSA) is 57.3 Å². The lowest BCUT2D eigenvalue weighted by Gasteiger charge is -2.18. The van der Waals surface area contributed by atoms with E-state index in [1.54, 1.807) is 6.20 Å². The zero-order chi connectivity index (χ0) is 12.6. The van der Waals surface area contributed by atoms with Gasteiger partial charge in [-0.05, 0) is 31.6 Å². The predicted molar refractivity (Wildman–Crippen MR) is 70.0 cm³/mol. The summed E-state index contributed by atoms with van der Waals surface area (Å²) in [5, 5.41) is 6.23. The van der Waals surface area contributed by atoms with Gasteiger partial charge in [-0.2, -0.15) is 0 Å². The molecule has 5 nitrogen and oxygen atoms in total. The average molecular weight is 248 g/mol. The van der Waals surface area contributed by atoms with E-state index in [1.807, 2.05) is 18.2 Å². The fourth-order valence-corrected chi connectivity index (χ4v) is 2.01. The number of hydrogen-bond acceptors (Lipinski definition) is 4. The molecule has 0 saturated carbocycles. The Kier molecular flexibility index (Phi) is 5.11. The van der Waals surface area contributed by atoms with E-state index in [-0.39, 0.29) is 5.91 Å². The number of nitrogens with one attached hydrogen (secondary N) is 2. The molecule has 1 amide bonds. The van der Waals surface area contributed by atoms with Crippen molar-refractivity contribution in [2.45, 2.75) is 13.0 Å². The van der Waals surface area contributed by atoms with E-state index in [1.165, 1.54) is 0 Å². The van der Waals surface area contributed by atoms with E-state index >= 15 is 0 Å². The molecule has 0 bridgehead atoms. The highest BCUT2D eigenvalue weighted by Gasteiger charge is 2.12. The molecule has 0 unspecified atom stereocenters. The van der Waals surface area contributed by atoms with Crippen molar-refractivity contribution >= 4 is 5.91 Å². The van der Waals surface area contributed by atoms with Crippen molar-refractivity contribution in [3.63, 3.8) is 0 Å². The standard InChI is InChI=1S/C13H20N4O/c18-13(11-17-8-3-5-14-7-9-17)16-10-12-4-1-2-6-15-12/h1-2,4,6,14H,3,5,7-11H2,(H,16,18). The van der Waals surface area contributed by atoms with Crippen LogP contribution in [0.3, 0.4) is 0 Å². The van der Waals surface area contributed by atoms with Gasteiger partial charge in [0, 0.05) is 19.3 Å². The first-order chi connectivity index (χ1) is 8.84. The monoisotopic (exact) mass is 248 g/mol. The van der Waals surface area contributed by atoms with Gasteiger partial charge in [0.05, 0.1) is 18.8 Å². The summed E-state index contributed by atoms with van der Waals surface area (Å²) in [5.74, 6) is 0.0718. The number of amides is 1. The number of carbonyl (C=O) groups excluding carboxylic acids is 1. The Morgan fingerprint density at radius 3 is 3.17 bits per heavy atom. The molecule has 1 saturated heterocycles. The van der Waals surface area contributed by atoms with Gasteiger partial charge in [0.2, 0.25) is 5.91 Å². The van der Waals surface area contributed by atoms with E-state index in [0.29, 0.717) is 13.1 Å². The van der Waals surface area contributed by atoms with Crippen molar-refractivity contribution in [3.05, 3.63) is 30.1 Å². The molecule has 5 heteroatoms. The highest BCUT2D eigenvalue weighted by Crippen LogP contribution is 1.96. The van der Waals surface area contributed by atoms with Crippen LogP contribution >= 0.6 is 0 Å². The van der Waals surface area contributed by atoms with E-state index in [0.717, 1.165) is 38.3 Å². The Bertz CT molecular complexity index is 361. The number of pyridine rings is 1. The highest BCUT2D eigenvalue weighted by molar-refractivity contribution is 5.77. The van der Waals surface area contributed by atoms with Crippen molar-refractivity contribution in [2.24, 2.45) is 0 Å². The summed E-state index contributed by atoms with van der Waals surface area (Å²) in [6.07, 6.45) is 2.84. The van der Waals surface area contributed by atoms with Gasteiger partial charge in [0.1, 0.15) is 0 Å². The van der Waals surface area contributed by atoms with Crippen molar-refractivity contribution in [1.82, 2.24) is 20.5 Å². The second-order valence-corrected chi connectivity index (χ2v) is 4.48. The second-order valence-electron chi connectivity index (χ2n) is 4.48. The van der Waals surface area contributed by atoms with Crippen molar-refractivity contribution in [3.8, 4) is 0 Å². The van der Waals surface area contributed by atoms with Gasteiger partial charge < -0.3 is 10.6 Å². The van der Waals surface area contributed by atoms with E-state index < -0.39 is 0 Å². The molecule has 2 N–H and O–H groups in total. The molecule has 1 aliphatic heterocycles. The number of rotatable bonds is 4. The maximum absolute atomic E-state index is 11.8. The minimum absolute atomic E-state index is 0.0718. The fraction of sp³-hybridized carbons (Fsp3) is 0.538. The van der Waals surface area contributed by atoms with Crippen molar-refractivity contribution in [1.29, 1.82) is 0 Å². The summed E-state index contributed by atoms with van der Waals surface area (Å²) < 4.78 is 0. The molecule has 2 rings (SSSR count). The molecule has 1 aromatic heterocycles. The van der Waals surface area contributed by atoms with Crippen LogP contribution in [0.2, 0.25) is 0 Å². The number of hydrogen-bond donors (Lipinski definition) is 2. The summed E-state index contributed by atoms with van der Waals surface area (Å²) in [5.41, 5.74) is 0.892. The van der Waals surface area contributed by atoms with Gasteiger partial charge >= 0.3 is 0 Å². The lowest BCUT2D eigenvalue weighted by Crippen LogP contribution is -2.38. The van der Waals surface area contributed by atoms with Crippen LogP contribution in [0.4, 0.5) is 0 Å². The molecule has 1 fully saturated rings. The molecule has 0 radical (unpaired) electrons. The Labute approximate surface area is 108 Å². The summed E-state index contributed by atoms with van der Waals surface area (Å²) >= 11 is 0. The SMILES string of the molecule is O=C(CN1CCCNCC1)NCc1ccccn1. The Morgan fingerprint density at radius 2 is 2.33 bits per heavy atom. The van der Waals surface area contributed by atoms with Gasteiger partial charge in [0.25, 0.3) is 0 Å². The van der Waals surface area contributed by atoms with Crippen LogP contribution in [-0.2, 0) is 11.3 Å². The third-order valence-corrected chi connectivity index (χ3v) is 2.99. The van der Waals surface area contributed by atoms with Crippen LogP contribution in [0, 0.1) is 0 Å². The molecule has 1 aromatic rings. The summed E-state index contributed by atoms with van der Waals surface area (Å²) in [7, 11) is 0. The first kappa shape index (κ1) is 13.0. The number of carbonyl (C=O) groups is 1. The molecule has 0 atom stereocenters. The predicted octanol–water partition coefficient (Wildman–Crippen LogP) is -0.00690. The van der Waals surface area contributed by atoms with Gasteiger partial charge in [-0.1, -0.05) is 6.07 Å². The third kappa shape index (κ3) is 4.43. The minimum Gasteiger partial charge on any atom is -0.349 e. The van der Waals surface area contributed by atoms with Crippen LogP contribution in [0.1, 0.15) is 12.1 Å².